The van der Waals surface area contributed by atoms with Crippen LogP contribution in [0.3, 0.4) is 0 Å². The van der Waals surface area contributed by atoms with Gasteiger partial charge in [-0.2, -0.15) is 0 Å². The second-order valence-electron chi connectivity index (χ2n) is 11.0. The highest BCUT2D eigenvalue weighted by molar-refractivity contribution is 6.99. The summed E-state index contributed by atoms with van der Waals surface area (Å²) in [4.78, 5) is 0. The highest BCUT2D eigenvalue weighted by Gasteiger charge is 2.31. The molecule has 0 saturated carbocycles. The van der Waals surface area contributed by atoms with Crippen molar-refractivity contribution in [3.8, 4) is 11.5 Å². The third-order valence-corrected chi connectivity index (χ3v) is 8.55. The summed E-state index contributed by atoms with van der Waals surface area (Å²) in [5.41, 5.74) is 6.16. The molecule has 1 unspecified atom stereocenters. The van der Waals surface area contributed by atoms with Crippen LogP contribution in [0.2, 0.25) is 0 Å². The number of ether oxygens (including phenoxy) is 2. The lowest BCUT2D eigenvalue weighted by atomic mass is 9.35. The van der Waals surface area contributed by atoms with Gasteiger partial charge in [-0.25, -0.2) is 0 Å². The lowest BCUT2D eigenvalue weighted by Gasteiger charge is -2.24. The maximum atomic E-state index is 6.09. The van der Waals surface area contributed by atoms with E-state index >= 15 is 0 Å². The second kappa shape index (κ2) is 13.0. The van der Waals surface area contributed by atoms with Crippen LogP contribution in [0.4, 0.5) is 0 Å². The number of hydrogen-bond acceptors (Lipinski definition) is 2. The van der Waals surface area contributed by atoms with E-state index in [0.717, 1.165) is 35.3 Å². The normalized spacial score (nSPS) is 12.1. The minimum atomic E-state index is -0.112. The molecular formula is C40H37BO2. The zero-order chi connectivity index (χ0) is 29.6. The molecule has 1 atom stereocenters. The lowest BCUT2D eigenvalue weighted by molar-refractivity contribution is 0.417. The van der Waals surface area contributed by atoms with Crippen molar-refractivity contribution in [2.45, 2.75) is 25.7 Å². The first-order chi connectivity index (χ1) is 21.2. The fraction of sp³-hybridized carbons (Fsp3) is 0.150. The second-order valence-corrected chi connectivity index (χ2v) is 11.0. The smallest absolute Gasteiger partial charge is 0.252 e. The van der Waals surface area contributed by atoms with E-state index in [-0.39, 0.29) is 6.71 Å². The van der Waals surface area contributed by atoms with Gasteiger partial charge >= 0.3 is 0 Å². The van der Waals surface area contributed by atoms with Gasteiger partial charge in [0.15, 0.2) is 0 Å². The molecule has 2 nitrogen and oxygen atoms in total. The summed E-state index contributed by atoms with van der Waals surface area (Å²) in [6.07, 6.45) is 6.63. The van der Waals surface area contributed by atoms with Gasteiger partial charge < -0.3 is 9.47 Å². The molecule has 3 heteroatoms. The number of allylic oxidation sites excluding steroid dienone is 2. The van der Waals surface area contributed by atoms with Crippen molar-refractivity contribution in [3.05, 3.63) is 151 Å². The fourth-order valence-electron chi connectivity index (χ4n) is 6.43. The van der Waals surface area contributed by atoms with Crippen molar-refractivity contribution >= 4 is 44.6 Å². The SMILES string of the molecule is CCC(/C=C\Cc1cccc(B(c2c(OC)ccc3ccccc23)c2c(OC)ccc3ccccc23)c1)c1ccccc1. The molecule has 0 saturated heterocycles. The summed E-state index contributed by atoms with van der Waals surface area (Å²) in [6, 6.07) is 45.5. The predicted octanol–water partition coefficient (Wildman–Crippen LogP) is 7.82. The molecule has 6 aromatic rings. The van der Waals surface area contributed by atoms with Gasteiger partial charge in [0.05, 0.1) is 14.2 Å². The summed E-state index contributed by atoms with van der Waals surface area (Å²) >= 11 is 0. The van der Waals surface area contributed by atoms with Crippen molar-refractivity contribution in [2.24, 2.45) is 0 Å². The van der Waals surface area contributed by atoms with Crippen molar-refractivity contribution in [1.29, 1.82) is 0 Å². The zero-order valence-electron chi connectivity index (χ0n) is 25.2. The molecular weight excluding hydrogens is 523 g/mol. The Labute approximate surface area is 255 Å². The van der Waals surface area contributed by atoms with Crippen molar-refractivity contribution < 1.29 is 9.47 Å². The van der Waals surface area contributed by atoms with E-state index in [4.69, 9.17) is 9.47 Å². The van der Waals surface area contributed by atoms with E-state index in [2.05, 4.69) is 146 Å². The van der Waals surface area contributed by atoms with Crippen LogP contribution < -0.4 is 25.9 Å². The van der Waals surface area contributed by atoms with Crippen LogP contribution in [-0.4, -0.2) is 20.9 Å². The van der Waals surface area contributed by atoms with E-state index in [9.17, 15) is 0 Å². The average Bonchev–Trinajstić information content (AvgIpc) is 3.07. The molecule has 0 radical (unpaired) electrons. The van der Waals surface area contributed by atoms with E-state index in [1.807, 2.05) is 0 Å². The molecule has 0 aliphatic heterocycles. The summed E-state index contributed by atoms with van der Waals surface area (Å²) in [6.45, 7) is 2.14. The molecule has 0 spiro atoms. The number of hydrogen-bond donors (Lipinski definition) is 0. The summed E-state index contributed by atoms with van der Waals surface area (Å²) in [5, 5.41) is 4.74. The Balaban J connectivity index is 1.51. The average molecular weight is 561 g/mol. The molecule has 0 aliphatic rings. The van der Waals surface area contributed by atoms with Crippen molar-refractivity contribution in [3.63, 3.8) is 0 Å². The number of methoxy groups -OCH3 is 2. The molecule has 0 N–H and O–H groups in total. The van der Waals surface area contributed by atoms with E-state index in [1.54, 1.807) is 14.2 Å². The highest BCUT2D eigenvalue weighted by Crippen LogP contribution is 2.25. The minimum Gasteiger partial charge on any atom is -0.497 e. The standard InChI is InChI=1S/C40H37BO2/c1-4-30(31-16-6-5-7-17-31)20-12-14-29-15-13-21-34(28-29)41(39-35-22-10-8-18-32(35)24-26-37(39)42-2)40-36-23-11-9-19-33(36)25-27-38(40)43-3/h5-13,15-28,30H,4,14H2,1-3H3/b20-12-. The Morgan fingerprint density at radius 3 is 1.79 bits per heavy atom. The van der Waals surface area contributed by atoms with E-state index < -0.39 is 0 Å². The lowest BCUT2D eigenvalue weighted by Crippen LogP contribution is -2.53. The van der Waals surface area contributed by atoms with Crippen LogP contribution >= 0.6 is 0 Å². The Bertz CT molecular complexity index is 1790. The Kier molecular flexibility index (Phi) is 8.61. The molecule has 0 bridgehead atoms. The van der Waals surface area contributed by atoms with E-state index in [0.29, 0.717) is 5.92 Å². The number of benzene rings is 6. The van der Waals surface area contributed by atoms with Gasteiger partial charge in [-0.05, 0) is 68.6 Å². The largest absolute Gasteiger partial charge is 0.497 e. The van der Waals surface area contributed by atoms with Crippen molar-refractivity contribution in [2.75, 3.05) is 14.2 Å². The van der Waals surface area contributed by atoms with Gasteiger partial charge in [-0.15, -0.1) is 0 Å². The van der Waals surface area contributed by atoms with Crippen LogP contribution in [0.25, 0.3) is 21.5 Å². The molecule has 43 heavy (non-hydrogen) atoms. The van der Waals surface area contributed by atoms with Gasteiger partial charge in [-0.1, -0.05) is 140 Å². The fourth-order valence-corrected chi connectivity index (χ4v) is 6.43. The molecule has 0 heterocycles. The number of rotatable bonds is 10. The highest BCUT2D eigenvalue weighted by atomic mass is 16.5. The monoisotopic (exact) mass is 560 g/mol. The molecule has 212 valence electrons. The molecule has 0 aliphatic carbocycles. The Morgan fingerprint density at radius 2 is 1.21 bits per heavy atom. The van der Waals surface area contributed by atoms with E-state index in [1.165, 1.54) is 38.1 Å². The molecule has 0 fully saturated rings. The first kappa shape index (κ1) is 28.4. The summed E-state index contributed by atoms with van der Waals surface area (Å²) in [5.74, 6) is 2.16. The maximum Gasteiger partial charge on any atom is 0.252 e. The Morgan fingerprint density at radius 1 is 0.628 bits per heavy atom. The molecule has 0 amide bonds. The van der Waals surface area contributed by atoms with Crippen LogP contribution in [0, 0.1) is 0 Å². The molecule has 6 aromatic carbocycles. The number of fused-ring (bicyclic) bond motifs is 2. The topological polar surface area (TPSA) is 18.5 Å². The van der Waals surface area contributed by atoms with Gasteiger partial charge in [0.25, 0.3) is 6.71 Å². The summed E-state index contributed by atoms with van der Waals surface area (Å²) < 4.78 is 12.2. The van der Waals surface area contributed by atoms with Gasteiger partial charge in [-0.3, -0.25) is 0 Å². The molecule has 6 rings (SSSR count). The third-order valence-electron chi connectivity index (χ3n) is 8.55. The van der Waals surface area contributed by atoms with Gasteiger partial charge in [0.1, 0.15) is 11.5 Å². The summed E-state index contributed by atoms with van der Waals surface area (Å²) in [7, 11) is 3.53. The van der Waals surface area contributed by atoms with Crippen LogP contribution in [0.5, 0.6) is 11.5 Å². The molecule has 0 aromatic heterocycles. The Hall–Kier alpha value is -4.76. The minimum absolute atomic E-state index is 0.112. The first-order valence-electron chi connectivity index (χ1n) is 15.1. The predicted molar refractivity (Wildman–Crippen MR) is 184 cm³/mol. The van der Waals surface area contributed by atoms with Crippen LogP contribution in [0.1, 0.15) is 30.4 Å². The van der Waals surface area contributed by atoms with Gasteiger partial charge in [0.2, 0.25) is 0 Å². The van der Waals surface area contributed by atoms with Crippen LogP contribution in [-0.2, 0) is 6.42 Å². The quantitative estimate of drug-likeness (QED) is 0.126. The zero-order valence-corrected chi connectivity index (χ0v) is 25.2. The first-order valence-corrected chi connectivity index (χ1v) is 15.1. The van der Waals surface area contributed by atoms with Crippen LogP contribution in [0.15, 0.2) is 140 Å². The third kappa shape index (κ3) is 5.81. The van der Waals surface area contributed by atoms with Crippen molar-refractivity contribution in [1.82, 2.24) is 0 Å². The maximum absolute atomic E-state index is 6.09. The van der Waals surface area contributed by atoms with Gasteiger partial charge in [0, 0.05) is 5.92 Å².